The molecule has 0 saturated heterocycles. The maximum atomic E-state index is 5.86. The number of pyridine rings is 1. The molecule has 0 bridgehead atoms. The molecular weight excluding hydrogens is 192 g/mol. The summed E-state index contributed by atoms with van der Waals surface area (Å²) in [6.07, 6.45) is 3.39. The smallest absolute Gasteiger partial charge is 0.0988 e. The fourth-order valence-corrected chi connectivity index (χ4v) is 1.35. The summed E-state index contributed by atoms with van der Waals surface area (Å²) in [5.74, 6) is 0. The van der Waals surface area contributed by atoms with Gasteiger partial charge in [0.25, 0.3) is 0 Å². The molecule has 0 spiro atoms. The van der Waals surface area contributed by atoms with Crippen LogP contribution in [0.15, 0.2) is 24.5 Å². The first-order valence-electron chi connectivity index (χ1n) is 5.01. The summed E-state index contributed by atoms with van der Waals surface area (Å²) in [5, 5.41) is 0. The quantitative estimate of drug-likeness (QED) is 0.715. The van der Waals surface area contributed by atoms with Crippen molar-refractivity contribution < 1.29 is 9.47 Å². The molecule has 1 aromatic rings. The third-order valence-corrected chi connectivity index (χ3v) is 2.08. The van der Waals surface area contributed by atoms with Crippen molar-refractivity contribution in [2.75, 3.05) is 20.3 Å². The van der Waals surface area contributed by atoms with Gasteiger partial charge in [-0.25, -0.2) is 0 Å². The second-order valence-corrected chi connectivity index (χ2v) is 3.43. The molecule has 2 unspecified atom stereocenters. The van der Waals surface area contributed by atoms with E-state index < -0.39 is 0 Å². The second-order valence-electron chi connectivity index (χ2n) is 3.43. The first kappa shape index (κ1) is 12.1. The molecule has 0 fully saturated rings. The molecule has 2 atom stereocenters. The standard InChI is InChI=1S/C11H18N2O2/c1-9(12)11(15-7-6-14-2)10-4-3-5-13-8-10/h3-5,8-9,11H,6-7,12H2,1-2H3. The Bertz CT molecular complexity index is 265. The zero-order valence-electron chi connectivity index (χ0n) is 9.22. The van der Waals surface area contributed by atoms with Gasteiger partial charge < -0.3 is 15.2 Å². The van der Waals surface area contributed by atoms with Crippen molar-refractivity contribution >= 4 is 0 Å². The minimum atomic E-state index is -0.117. The van der Waals surface area contributed by atoms with Crippen molar-refractivity contribution in [3.63, 3.8) is 0 Å². The van der Waals surface area contributed by atoms with Gasteiger partial charge in [0.15, 0.2) is 0 Å². The Hall–Kier alpha value is -0.970. The zero-order chi connectivity index (χ0) is 11.1. The molecule has 0 amide bonds. The Balaban J connectivity index is 2.58. The molecule has 1 rings (SSSR count). The van der Waals surface area contributed by atoms with E-state index in [-0.39, 0.29) is 12.1 Å². The average molecular weight is 210 g/mol. The lowest BCUT2D eigenvalue weighted by molar-refractivity contribution is 0.00602. The molecule has 0 radical (unpaired) electrons. The summed E-state index contributed by atoms with van der Waals surface area (Å²) in [7, 11) is 1.65. The Morgan fingerprint density at radius 2 is 2.27 bits per heavy atom. The van der Waals surface area contributed by atoms with Crippen LogP contribution >= 0.6 is 0 Å². The van der Waals surface area contributed by atoms with Crippen molar-refractivity contribution in [1.29, 1.82) is 0 Å². The van der Waals surface area contributed by atoms with Crippen LogP contribution in [0.4, 0.5) is 0 Å². The summed E-state index contributed by atoms with van der Waals surface area (Å²) in [4.78, 5) is 4.05. The van der Waals surface area contributed by atoms with Crippen LogP contribution in [-0.4, -0.2) is 31.3 Å². The van der Waals surface area contributed by atoms with E-state index in [1.165, 1.54) is 0 Å². The van der Waals surface area contributed by atoms with Crippen LogP contribution in [0.2, 0.25) is 0 Å². The number of methoxy groups -OCH3 is 1. The third-order valence-electron chi connectivity index (χ3n) is 2.08. The highest BCUT2D eigenvalue weighted by Crippen LogP contribution is 2.18. The molecule has 0 aromatic carbocycles. The van der Waals surface area contributed by atoms with E-state index in [9.17, 15) is 0 Å². The minimum absolute atomic E-state index is 0.0638. The van der Waals surface area contributed by atoms with Gasteiger partial charge in [-0.2, -0.15) is 0 Å². The minimum Gasteiger partial charge on any atom is -0.382 e. The highest BCUT2D eigenvalue weighted by Gasteiger charge is 2.16. The van der Waals surface area contributed by atoms with Crippen molar-refractivity contribution in [3.05, 3.63) is 30.1 Å². The number of rotatable bonds is 6. The summed E-state index contributed by atoms with van der Waals surface area (Å²) in [5.41, 5.74) is 6.86. The lowest BCUT2D eigenvalue weighted by Crippen LogP contribution is -2.28. The van der Waals surface area contributed by atoms with Crippen LogP contribution in [0.3, 0.4) is 0 Å². The van der Waals surface area contributed by atoms with E-state index in [1.807, 2.05) is 19.1 Å². The summed E-state index contributed by atoms with van der Waals surface area (Å²) in [6, 6.07) is 3.78. The fourth-order valence-electron chi connectivity index (χ4n) is 1.35. The molecule has 84 valence electrons. The van der Waals surface area contributed by atoms with E-state index in [1.54, 1.807) is 19.5 Å². The maximum Gasteiger partial charge on any atom is 0.0988 e. The van der Waals surface area contributed by atoms with Gasteiger partial charge in [0.05, 0.1) is 19.3 Å². The van der Waals surface area contributed by atoms with Gasteiger partial charge in [0.1, 0.15) is 0 Å². The molecule has 4 heteroatoms. The van der Waals surface area contributed by atoms with Crippen LogP contribution in [0.1, 0.15) is 18.6 Å². The lowest BCUT2D eigenvalue weighted by atomic mass is 10.1. The van der Waals surface area contributed by atoms with E-state index in [0.717, 1.165) is 5.56 Å². The number of nitrogens with two attached hydrogens (primary N) is 1. The molecule has 1 heterocycles. The summed E-state index contributed by atoms with van der Waals surface area (Å²) >= 11 is 0. The molecule has 4 nitrogen and oxygen atoms in total. The number of aromatic nitrogens is 1. The SMILES string of the molecule is COCCOC(c1cccnc1)C(C)N. The Kier molecular flexibility index (Phi) is 5.25. The van der Waals surface area contributed by atoms with Crippen LogP contribution in [-0.2, 0) is 9.47 Å². The normalized spacial score (nSPS) is 14.9. The van der Waals surface area contributed by atoms with Crippen LogP contribution in [0.25, 0.3) is 0 Å². The first-order chi connectivity index (χ1) is 7.25. The van der Waals surface area contributed by atoms with Crippen molar-refractivity contribution in [1.82, 2.24) is 4.98 Å². The van der Waals surface area contributed by atoms with Gasteiger partial charge in [-0.3, -0.25) is 4.98 Å². The lowest BCUT2D eigenvalue weighted by Gasteiger charge is -2.21. The Labute approximate surface area is 90.4 Å². The highest BCUT2D eigenvalue weighted by molar-refractivity contribution is 5.13. The molecule has 0 aliphatic carbocycles. The number of nitrogens with zero attached hydrogens (tertiary/aromatic N) is 1. The van der Waals surface area contributed by atoms with Gasteiger partial charge in [-0.1, -0.05) is 6.07 Å². The monoisotopic (exact) mass is 210 g/mol. The number of hydrogen-bond donors (Lipinski definition) is 1. The summed E-state index contributed by atoms with van der Waals surface area (Å²) in [6.45, 7) is 3.03. The second kappa shape index (κ2) is 6.50. The predicted octanol–water partition coefficient (Wildman–Crippen LogP) is 1.13. The molecule has 2 N–H and O–H groups in total. The van der Waals surface area contributed by atoms with Gasteiger partial charge in [-0.15, -0.1) is 0 Å². The van der Waals surface area contributed by atoms with Crippen molar-refractivity contribution in [2.24, 2.45) is 5.73 Å². The van der Waals surface area contributed by atoms with Gasteiger partial charge in [-0.05, 0) is 13.0 Å². The molecule has 15 heavy (non-hydrogen) atoms. The summed E-state index contributed by atoms with van der Waals surface area (Å²) < 4.78 is 10.6. The van der Waals surface area contributed by atoms with E-state index >= 15 is 0 Å². The van der Waals surface area contributed by atoms with Crippen LogP contribution in [0.5, 0.6) is 0 Å². The number of hydrogen-bond acceptors (Lipinski definition) is 4. The Morgan fingerprint density at radius 3 is 2.80 bits per heavy atom. The topological polar surface area (TPSA) is 57.4 Å². The fraction of sp³-hybridized carbons (Fsp3) is 0.545. The van der Waals surface area contributed by atoms with Crippen molar-refractivity contribution in [3.8, 4) is 0 Å². The molecular formula is C11H18N2O2. The molecule has 0 aliphatic rings. The zero-order valence-corrected chi connectivity index (χ0v) is 9.22. The number of ether oxygens (including phenoxy) is 2. The first-order valence-corrected chi connectivity index (χ1v) is 5.01. The van der Waals surface area contributed by atoms with Crippen LogP contribution < -0.4 is 5.73 Å². The van der Waals surface area contributed by atoms with Crippen molar-refractivity contribution in [2.45, 2.75) is 19.1 Å². The molecule has 1 aromatic heterocycles. The largest absolute Gasteiger partial charge is 0.382 e. The average Bonchev–Trinajstić information content (AvgIpc) is 2.25. The predicted molar refractivity (Wildman–Crippen MR) is 58.5 cm³/mol. The highest BCUT2D eigenvalue weighted by atomic mass is 16.5. The van der Waals surface area contributed by atoms with Crippen LogP contribution in [0, 0.1) is 0 Å². The van der Waals surface area contributed by atoms with Gasteiger partial charge >= 0.3 is 0 Å². The Morgan fingerprint density at radius 1 is 1.47 bits per heavy atom. The van der Waals surface area contributed by atoms with E-state index in [2.05, 4.69) is 4.98 Å². The van der Waals surface area contributed by atoms with E-state index in [0.29, 0.717) is 13.2 Å². The van der Waals surface area contributed by atoms with E-state index in [4.69, 9.17) is 15.2 Å². The van der Waals surface area contributed by atoms with Gasteiger partial charge in [0, 0.05) is 31.1 Å². The third kappa shape index (κ3) is 3.95. The maximum absolute atomic E-state index is 5.86. The molecule has 0 aliphatic heterocycles. The molecule has 0 saturated carbocycles. The van der Waals surface area contributed by atoms with Gasteiger partial charge in [0.2, 0.25) is 0 Å².